The predicted octanol–water partition coefficient (Wildman–Crippen LogP) is 2.28. The summed E-state index contributed by atoms with van der Waals surface area (Å²) in [6.45, 7) is 2.01. The molecule has 1 aromatic heterocycles. The fourth-order valence-corrected chi connectivity index (χ4v) is 1.60. The van der Waals surface area contributed by atoms with Crippen molar-refractivity contribution in [1.82, 2.24) is 5.32 Å². The number of hydrogen-bond donors (Lipinski definition) is 1. The average molecular weight is 212 g/mol. The average Bonchev–Trinajstić information content (AvgIpc) is 2.62. The first-order chi connectivity index (χ1) is 6.63. The highest BCUT2D eigenvalue weighted by Gasteiger charge is 2.07. The summed E-state index contributed by atoms with van der Waals surface area (Å²) in [5, 5.41) is 13.6. The smallest absolute Gasteiger partial charge is 0.314 e. The van der Waals surface area contributed by atoms with Crippen LogP contribution in [0.4, 0.5) is 5.00 Å². The molecular weight excluding hydrogens is 200 g/mol. The standard InChI is InChI=1S/C9H12N2O2S/c1-7(10-2)3-4-8-5-6-9(14-8)11(12)13/h3-7,10H,1-2H3/b4-3+. The van der Waals surface area contributed by atoms with Gasteiger partial charge >= 0.3 is 5.00 Å². The zero-order valence-electron chi connectivity index (χ0n) is 8.06. The molecule has 0 bridgehead atoms. The Balaban J connectivity index is 2.68. The molecule has 1 rings (SSSR count). The van der Waals surface area contributed by atoms with Crippen LogP contribution in [0.5, 0.6) is 0 Å². The fraction of sp³-hybridized carbons (Fsp3) is 0.333. The van der Waals surface area contributed by atoms with Crippen molar-refractivity contribution in [3.05, 3.63) is 33.2 Å². The maximum atomic E-state index is 10.4. The van der Waals surface area contributed by atoms with E-state index in [1.165, 1.54) is 17.4 Å². The highest BCUT2D eigenvalue weighted by Crippen LogP contribution is 2.24. The summed E-state index contributed by atoms with van der Waals surface area (Å²) in [5.74, 6) is 0. The summed E-state index contributed by atoms with van der Waals surface area (Å²) in [6.07, 6.45) is 3.86. The van der Waals surface area contributed by atoms with E-state index in [9.17, 15) is 10.1 Å². The Morgan fingerprint density at radius 2 is 2.36 bits per heavy atom. The molecule has 14 heavy (non-hydrogen) atoms. The topological polar surface area (TPSA) is 55.2 Å². The highest BCUT2D eigenvalue weighted by molar-refractivity contribution is 7.16. The number of nitrogens with zero attached hydrogens (tertiary/aromatic N) is 1. The van der Waals surface area contributed by atoms with Crippen LogP contribution in [-0.4, -0.2) is 18.0 Å². The molecule has 1 atom stereocenters. The van der Waals surface area contributed by atoms with Crippen LogP contribution in [0.1, 0.15) is 11.8 Å². The first-order valence-electron chi connectivity index (χ1n) is 4.23. The van der Waals surface area contributed by atoms with E-state index in [2.05, 4.69) is 5.32 Å². The monoisotopic (exact) mass is 212 g/mol. The van der Waals surface area contributed by atoms with Gasteiger partial charge in [-0.1, -0.05) is 17.4 Å². The second-order valence-electron chi connectivity index (χ2n) is 2.87. The summed E-state index contributed by atoms with van der Waals surface area (Å²) < 4.78 is 0. The van der Waals surface area contributed by atoms with Crippen LogP contribution in [0.3, 0.4) is 0 Å². The number of likely N-dealkylation sites (N-methyl/N-ethyl adjacent to an activating group) is 1. The van der Waals surface area contributed by atoms with Gasteiger partial charge in [-0.3, -0.25) is 10.1 Å². The summed E-state index contributed by atoms with van der Waals surface area (Å²) in [6, 6.07) is 3.55. The molecule has 1 aromatic rings. The SMILES string of the molecule is CNC(C)/C=C/c1ccc([N+](=O)[O-])s1. The van der Waals surface area contributed by atoms with E-state index < -0.39 is 0 Å². The van der Waals surface area contributed by atoms with Crippen LogP contribution in [-0.2, 0) is 0 Å². The largest absolute Gasteiger partial charge is 0.324 e. The molecule has 1 N–H and O–H groups in total. The zero-order chi connectivity index (χ0) is 10.6. The molecule has 1 unspecified atom stereocenters. The van der Waals surface area contributed by atoms with E-state index in [0.717, 1.165) is 4.88 Å². The van der Waals surface area contributed by atoms with Gasteiger partial charge < -0.3 is 5.32 Å². The minimum absolute atomic E-state index is 0.182. The summed E-state index contributed by atoms with van der Waals surface area (Å²) in [4.78, 5) is 10.9. The van der Waals surface area contributed by atoms with Gasteiger partial charge in [0.1, 0.15) is 0 Å². The van der Waals surface area contributed by atoms with Crippen LogP contribution in [0.15, 0.2) is 18.2 Å². The molecule has 0 radical (unpaired) electrons. The van der Waals surface area contributed by atoms with Gasteiger partial charge in [-0.15, -0.1) is 0 Å². The molecule has 5 heteroatoms. The molecule has 0 aliphatic carbocycles. The number of nitro groups is 1. The minimum Gasteiger partial charge on any atom is -0.314 e. The Morgan fingerprint density at radius 1 is 1.64 bits per heavy atom. The zero-order valence-corrected chi connectivity index (χ0v) is 8.88. The molecule has 76 valence electrons. The summed E-state index contributed by atoms with van der Waals surface area (Å²) in [7, 11) is 1.87. The van der Waals surface area contributed by atoms with Crippen molar-refractivity contribution in [2.45, 2.75) is 13.0 Å². The van der Waals surface area contributed by atoms with Crippen LogP contribution in [0, 0.1) is 10.1 Å². The predicted molar refractivity (Wildman–Crippen MR) is 58.5 cm³/mol. The second kappa shape index (κ2) is 4.88. The van der Waals surface area contributed by atoms with E-state index in [1.807, 2.05) is 26.1 Å². The van der Waals surface area contributed by atoms with Crippen molar-refractivity contribution in [3.8, 4) is 0 Å². The molecule has 0 fully saturated rings. The normalized spacial score (nSPS) is 13.3. The first-order valence-corrected chi connectivity index (χ1v) is 5.05. The van der Waals surface area contributed by atoms with Crippen molar-refractivity contribution < 1.29 is 4.92 Å². The van der Waals surface area contributed by atoms with Gasteiger partial charge in [0.15, 0.2) is 0 Å². The van der Waals surface area contributed by atoms with Gasteiger partial charge in [0.05, 0.1) is 4.92 Å². The second-order valence-corrected chi connectivity index (χ2v) is 3.96. The summed E-state index contributed by atoms with van der Waals surface area (Å²) in [5.41, 5.74) is 0. The van der Waals surface area contributed by atoms with Gasteiger partial charge in [0.25, 0.3) is 0 Å². The fourth-order valence-electron chi connectivity index (χ4n) is 0.865. The number of hydrogen-bond acceptors (Lipinski definition) is 4. The number of rotatable bonds is 4. The van der Waals surface area contributed by atoms with Gasteiger partial charge in [0, 0.05) is 17.0 Å². The lowest BCUT2D eigenvalue weighted by Crippen LogP contribution is -2.17. The van der Waals surface area contributed by atoms with Crippen LogP contribution in [0.2, 0.25) is 0 Å². The highest BCUT2D eigenvalue weighted by atomic mass is 32.1. The van der Waals surface area contributed by atoms with Gasteiger partial charge in [0.2, 0.25) is 0 Å². The maximum Gasteiger partial charge on any atom is 0.324 e. The molecule has 0 saturated carbocycles. The van der Waals surface area contributed by atoms with Crippen LogP contribution >= 0.6 is 11.3 Å². The Labute approximate surface area is 86.4 Å². The lowest BCUT2D eigenvalue weighted by atomic mass is 10.3. The molecule has 4 nitrogen and oxygen atoms in total. The first kappa shape index (κ1) is 10.9. The van der Waals surface area contributed by atoms with Crippen molar-refractivity contribution in [3.63, 3.8) is 0 Å². The van der Waals surface area contributed by atoms with Gasteiger partial charge in [-0.05, 0) is 26.1 Å². The number of nitrogens with one attached hydrogen (secondary N) is 1. The minimum atomic E-state index is -0.372. The molecular formula is C9H12N2O2S. The Hall–Kier alpha value is -1.20. The van der Waals surface area contributed by atoms with Crippen molar-refractivity contribution >= 4 is 22.4 Å². The van der Waals surface area contributed by atoms with Crippen molar-refractivity contribution in [1.29, 1.82) is 0 Å². The van der Waals surface area contributed by atoms with Crippen molar-refractivity contribution in [2.75, 3.05) is 7.05 Å². The molecule has 0 aromatic carbocycles. The molecule has 0 aliphatic rings. The Morgan fingerprint density at radius 3 is 2.86 bits per heavy atom. The molecule has 0 amide bonds. The van der Waals surface area contributed by atoms with E-state index >= 15 is 0 Å². The van der Waals surface area contributed by atoms with Crippen LogP contribution in [0.25, 0.3) is 6.08 Å². The Bertz CT molecular complexity index is 346. The maximum absolute atomic E-state index is 10.4. The number of thiophene rings is 1. The molecule has 0 spiro atoms. The third-order valence-corrected chi connectivity index (χ3v) is 2.80. The lowest BCUT2D eigenvalue weighted by molar-refractivity contribution is -0.380. The molecule has 1 heterocycles. The van der Waals surface area contributed by atoms with Gasteiger partial charge in [-0.2, -0.15) is 0 Å². The van der Waals surface area contributed by atoms with E-state index in [4.69, 9.17) is 0 Å². The third kappa shape index (κ3) is 2.93. The van der Waals surface area contributed by atoms with Crippen LogP contribution < -0.4 is 5.32 Å². The molecule has 0 saturated heterocycles. The molecule has 0 aliphatic heterocycles. The van der Waals surface area contributed by atoms with E-state index in [1.54, 1.807) is 6.07 Å². The van der Waals surface area contributed by atoms with Gasteiger partial charge in [-0.25, -0.2) is 0 Å². The third-order valence-electron chi connectivity index (χ3n) is 1.80. The quantitative estimate of drug-likeness (QED) is 0.615. The lowest BCUT2D eigenvalue weighted by Gasteiger charge is -2.00. The van der Waals surface area contributed by atoms with Crippen molar-refractivity contribution in [2.24, 2.45) is 0 Å². The summed E-state index contributed by atoms with van der Waals surface area (Å²) >= 11 is 1.18. The van der Waals surface area contributed by atoms with E-state index in [-0.39, 0.29) is 16.0 Å². The Kier molecular flexibility index (Phi) is 3.79. The van der Waals surface area contributed by atoms with E-state index in [0.29, 0.717) is 0 Å².